The molecular weight excluding hydrogens is 228 g/mol. The van der Waals surface area contributed by atoms with Gasteiger partial charge in [-0.25, -0.2) is 8.78 Å². The molecule has 0 saturated heterocycles. The molecule has 0 saturated carbocycles. The van der Waals surface area contributed by atoms with Gasteiger partial charge in [0, 0.05) is 13.1 Å². The van der Waals surface area contributed by atoms with Crippen LogP contribution in [-0.2, 0) is 0 Å². The van der Waals surface area contributed by atoms with Crippen molar-refractivity contribution in [2.45, 2.75) is 6.92 Å². The second kappa shape index (κ2) is 4.08. The molecule has 0 aliphatic heterocycles. The monoisotopic (exact) mass is 239 g/mol. The van der Waals surface area contributed by atoms with E-state index in [1.54, 1.807) is 14.0 Å². The van der Waals surface area contributed by atoms with E-state index in [-0.39, 0.29) is 28.5 Å². The van der Waals surface area contributed by atoms with Gasteiger partial charge in [-0.05, 0) is 24.6 Å². The fraction of sp³-hybridized carbons (Fsp3) is 0.167. The maximum absolute atomic E-state index is 13.1. The fourth-order valence-electron chi connectivity index (χ4n) is 1.68. The molecule has 1 heterocycles. The fourth-order valence-corrected chi connectivity index (χ4v) is 1.68. The number of aryl methyl sites for hydroxylation is 1. The van der Waals surface area contributed by atoms with E-state index in [9.17, 15) is 13.9 Å². The SMILES string of the molecule is CNc1oc(C)c(O)c1-c1cc(F)cc(F)c1. The summed E-state index contributed by atoms with van der Waals surface area (Å²) in [7, 11) is 1.59. The molecule has 0 atom stereocenters. The summed E-state index contributed by atoms with van der Waals surface area (Å²) in [5.41, 5.74) is 0.476. The van der Waals surface area contributed by atoms with Crippen LogP contribution in [0.1, 0.15) is 5.76 Å². The average Bonchev–Trinajstić information content (AvgIpc) is 2.53. The van der Waals surface area contributed by atoms with Gasteiger partial charge in [-0.2, -0.15) is 0 Å². The largest absolute Gasteiger partial charge is 0.504 e. The van der Waals surface area contributed by atoms with Crippen molar-refractivity contribution in [1.82, 2.24) is 0 Å². The molecule has 0 unspecified atom stereocenters. The number of anilines is 1. The molecular formula is C12H11F2NO2. The van der Waals surface area contributed by atoms with Gasteiger partial charge < -0.3 is 14.8 Å². The summed E-state index contributed by atoms with van der Waals surface area (Å²) in [5, 5.41) is 12.5. The lowest BCUT2D eigenvalue weighted by molar-refractivity contribution is 0.446. The molecule has 2 rings (SSSR count). The minimum atomic E-state index is -0.708. The summed E-state index contributed by atoms with van der Waals surface area (Å²) in [6.07, 6.45) is 0. The Labute approximate surface area is 96.7 Å². The van der Waals surface area contributed by atoms with Crippen molar-refractivity contribution in [2.75, 3.05) is 12.4 Å². The number of rotatable bonds is 2. The van der Waals surface area contributed by atoms with Gasteiger partial charge in [0.05, 0.1) is 5.56 Å². The molecule has 1 aromatic heterocycles. The highest BCUT2D eigenvalue weighted by molar-refractivity contribution is 5.81. The lowest BCUT2D eigenvalue weighted by Crippen LogP contribution is -1.89. The van der Waals surface area contributed by atoms with Crippen molar-refractivity contribution in [3.8, 4) is 16.9 Å². The van der Waals surface area contributed by atoms with E-state index in [0.29, 0.717) is 0 Å². The third-order valence-corrected chi connectivity index (χ3v) is 2.43. The van der Waals surface area contributed by atoms with Crippen molar-refractivity contribution < 1.29 is 18.3 Å². The third kappa shape index (κ3) is 1.95. The van der Waals surface area contributed by atoms with Crippen molar-refractivity contribution in [2.24, 2.45) is 0 Å². The predicted molar refractivity (Wildman–Crippen MR) is 60.0 cm³/mol. The first-order valence-corrected chi connectivity index (χ1v) is 4.99. The van der Waals surface area contributed by atoms with Gasteiger partial charge in [0.1, 0.15) is 17.4 Å². The van der Waals surface area contributed by atoms with Gasteiger partial charge in [0.15, 0.2) is 5.75 Å². The summed E-state index contributed by atoms with van der Waals surface area (Å²) in [6.45, 7) is 1.56. The van der Waals surface area contributed by atoms with Gasteiger partial charge in [0.25, 0.3) is 0 Å². The Morgan fingerprint density at radius 3 is 2.29 bits per heavy atom. The Kier molecular flexibility index (Phi) is 2.75. The number of halogens is 2. The second-order valence-corrected chi connectivity index (χ2v) is 3.62. The highest BCUT2D eigenvalue weighted by atomic mass is 19.1. The van der Waals surface area contributed by atoms with E-state index >= 15 is 0 Å². The molecule has 1 aromatic carbocycles. The number of nitrogens with one attached hydrogen (secondary N) is 1. The molecule has 17 heavy (non-hydrogen) atoms. The average molecular weight is 239 g/mol. The van der Waals surface area contributed by atoms with Crippen LogP contribution >= 0.6 is 0 Å². The number of hydrogen-bond donors (Lipinski definition) is 2. The van der Waals surface area contributed by atoms with Gasteiger partial charge in [0.2, 0.25) is 5.88 Å². The van der Waals surface area contributed by atoms with Crippen LogP contribution < -0.4 is 5.32 Å². The smallest absolute Gasteiger partial charge is 0.204 e. The highest BCUT2D eigenvalue weighted by Crippen LogP contribution is 2.41. The number of benzene rings is 1. The molecule has 3 nitrogen and oxygen atoms in total. The summed E-state index contributed by atoms with van der Waals surface area (Å²) in [5.74, 6) is -0.987. The van der Waals surface area contributed by atoms with Gasteiger partial charge >= 0.3 is 0 Å². The molecule has 0 radical (unpaired) electrons. The molecule has 2 aromatic rings. The molecule has 2 N–H and O–H groups in total. The molecule has 5 heteroatoms. The van der Waals surface area contributed by atoms with Crippen molar-refractivity contribution in [1.29, 1.82) is 0 Å². The number of furan rings is 1. The first kappa shape index (κ1) is 11.4. The van der Waals surface area contributed by atoms with E-state index in [2.05, 4.69) is 5.32 Å². The van der Waals surface area contributed by atoms with Crippen LogP contribution in [0.15, 0.2) is 22.6 Å². The normalized spacial score (nSPS) is 10.6. The summed E-state index contributed by atoms with van der Waals surface area (Å²) in [4.78, 5) is 0. The summed E-state index contributed by atoms with van der Waals surface area (Å²) >= 11 is 0. The minimum absolute atomic E-state index is 0.126. The van der Waals surface area contributed by atoms with Crippen LogP contribution in [0.5, 0.6) is 5.75 Å². The van der Waals surface area contributed by atoms with Crippen LogP contribution in [-0.4, -0.2) is 12.2 Å². The van der Waals surface area contributed by atoms with E-state index in [1.165, 1.54) is 0 Å². The predicted octanol–water partition coefficient (Wildman–Crippen LogP) is 3.28. The van der Waals surface area contributed by atoms with Gasteiger partial charge in [-0.3, -0.25) is 0 Å². The first-order chi connectivity index (χ1) is 8.02. The Morgan fingerprint density at radius 1 is 1.18 bits per heavy atom. The number of hydrogen-bond acceptors (Lipinski definition) is 3. The molecule has 0 aliphatic rings. The van der Waals surface area contributed by atoms with Crippen LogP contribution in [0, 0.1) is 18.6 Å². The van der Waals surface area contributed by atoms with E-state index in [4.69, 9.17) is 4.42 Å². The van der Waals surface area contributed by atoms with E-state index in [0.717, 1.165) is 18.2 Å². The standard InChI is InChI=1S/C12H11F2NO2/c1-6-11(16)10(12(15-2)17-6)7-3-8(13)5-9(14)4-7/h3-5,15-16H,1-2H3. The summed E-state index contributed by atoms with van der Waals surface area (Å²) in [6, 6.07) is 3.04. The second-order valence-electron chi connectivity index (χ2n) is 3.62. The van der Waals surface area contributed by atoms with Gasteiger partial charge in [-0.15, -0.1) is 0 Å². The Hall–Kier alpha value is -2.04. The zero-order chi connectivity index (χ0) is 12.6. The Morgan fingerprint density at radius 2 is 1.76 bits per heavy atom. The maximum atomic E-state index is 13.1. The molecule has 0 amide bonds. The van der Waals surface area contributed by atoms with Crippen molar-refractivity contribution in [3.63, 3.8) is 0 Å². The highest BCUT2D eigenvalue weighted by Gasteiger charge is 2.19. The number of aromatic hydroxyl groups is 1. The van der Waals surface area contributed by atoms with Gasteiger partial charge in [-0.1, -0.05) is 0 Å². The zero-order valence-corrected chi connectivity index (χ0v) is 9.34. The quantitative estimate of drug-likeness (QED) is 0.845. The summed E-state index contributed by atoms with van der Waals surface area (Å²) < 4.78 is 31.5. The third-order valence-electron chi connectivity index (χ3n) is 2.43. The topological polar surface area (TPSA) is 45.4 Å². The minimum Gasteiger partial charge on any atom is -0.504 e. The van der Waals surface area contributed by atoms with Crippen LogP contribution in [0.25, 0.3) is 11.1 Å². The molecule has 0 bridgehead atoms. The molecule has 0 spiro atoms. The van der Waals surface area contributed by atoms with E-state index < -0.39 is 11.6 Å². The lowest BCUT2D eigenvalue weighted by atomic mass is 10.1. The molecule has 90 valence electrons. The van der Waals surface area contributed by atoms with Crippen LogP contribution in [0.4, 0.5) is 14.7 Å². The van der Waals surface area contributed by atoms with E-state index in [1.807, 2.05) is 0 Å². The van der Waals surface area contributed by atoms with Crippen LogP contribution in [0.2, 0.25) is 0 Å². The Bertz CT molecular complexity index is 544. The van der Waals surface area contributed by atoms with Crippen molar-refractivity contribution >= 4 is 5.88 Å². The first-order valence-electron chi connectivity index (χ1n) is 4.99. The zero-order valence-electron chi connectivity index (χ0n) is 9.34. The maximum Gasteiger partial charge on any atom is 0.204 e. The lowest BCUT2D eigenvalue weighted by Gasteiger charge is -2.03. The Balaban J connectivity index is 2.67. The van der Waals surface area contributed by atoms with Crippen molar-refractivity contribution in [3.05, 3.63) is 35.6 Å². The molecule has 0 fully saturated rings. The molecule has 0 aliphatic carbocycles. The van der Waals surface area contributed by atoms with Crippen LogP contribution in [0.3, 0.4) is 0 Å².